The van der Waals surface area contributed by atoms with Crippen LogP contribution in [0.2, 0.25) is 0 Å². The molecule has 1 fully saturated rings. The van der Waals surface area contributed by atoms with E-state index in [-0.39, 0.29) is 12.2 Å². The second-order valence-electron chi connectivity index (χ2n) is 8.48. The van der Waals surface area contributed by atoms with E-state index in [4.69, 9.17) is 0 Å². The summed E-state index contributed by atoms with van der Waals surface area (Å²) in [7, 11) is 4.05. The molecule has 31 heavy (non-hydrogen) atoms. The lowest BCUT2D eigenvalue weighted by Crippen LogP contribution is -2.31. The van der Waals surface area contributed by atoms with Crippen molar-refractivity contribution in [3.05, 3.63) is 66.5 Å². The number of aryl methyl sites for hydroxylation is 1. The van der Waals surface area contributed by atoms with Crippen LogP contribution in [0.4, 0.5) is 0 Å². The van der Waals surface area contributed by atoms with Crippen LogP contribution in [0.25, 0.3) is 21.9 Å². The Bertz CT molecular complexity index is 1230. The molecule has 0 aliphatic carbocycles. The van der Waals surface area contributed by atoms with E-state index in [1.807, 2.05) is 42.6 Å². The maximum Gasteiger partial charge on any atom is 0.171 e. The van der Waals surface area contributed by atoms with Crippen LogP contribution in [0.3, 0.4) is 0 Å². The van der Waals surface area contributed by atoms with Gasteiger partial charge in [0.25, 0.3) is 0 Å². The molecule has 0 bridgehead atoms. The van der Waals surface area contributed by atoms with Crippen molar-refractivity contribution in [1.82, 2.24) is 29.4 Å². The molecule has 1 aromatic carbocycles. The third kappa shape index (κ3) is 4.14. The maximum absolute atomic E-state index is 12.9. The maximum atomic E-state index is 12.9. The average molecular weight is 415 g/mol. The molecule has 0 atom stereocenters. The molecule has 1 saturated heterocycles. The Balaban J connectivity index is 1.33. The van der Waals surface area contributed by atoms with E-state index in [9.17, 15) is 4.79 Å². The number of carbonyl (C=O) groups is 1. The van der Waals surface area contributed by atoms with Gasteiger partial charge in [-0.15, -0.1) is 0 Å². The zero-order valence-corrected chi connectivity index (χ0v) is 17.9. The largest absolute Gasteiger partial charge is 0.306 e. The second-order valence-corrected chi connectivity index (χ2v) is 8.48. The van der Waals surface area contributed by atoms with Crippen LogP contribution in [-0.2, 0) is 13.5 Å². The first kappa shape index (κ1) is 19.6. The van der Waals surface area contributed by atoms with E-state index in [1.165, 1.54) is 0 Å². The summed E-state index contributed by atoms with van der Waals surface area (Å²) in [6.45, 7) is 2.13. The van der Waals surface area contributed by atoms with Crippen LogP contribution >= 0.6 is 0 Å². The first-order valence-corrected chi connectivity index (χ1v) is 10.7. The van der Waals surface area contributed by atoms with Gasteiger partial charge in [0.05, 0.1) is 30.4 Å². The third-order valence-electron chi connectivity index (χ3n) is 6.14. The van der Waals surface area contributed by atoms with Crippen LogP contribution in [0.1, 0.15) is 34.9 Å². The molecule has 158 valence electrons. The van der Waals surface area contributed by atoms with Crippen molar-refractivity contribution in [1.29, 1.82) is 0 Å². The van der Waals surface area contributed by atoms with E-state index in [1.54, 1.807) is 10.9 Å². The monoisotopic (exact) mass is 414 g/mol. The van der Waals surface area contributed by atoms with Gasteiger partial charge in [-0.3, -0.25) is 19.1 Å². The summed E-state index contributed by atoms with van der Waals surface area (Å²) >= 11 is 0. The molecule has 0 radical (unpaired) electrons. The van der Waals surface area contributed by atoms with E-state index >= 15 is 0 Å². The van der Waals surface area contributed by atoms with E-state index in [2.05, 4.69) is 45.3 Å². The van der Waals surface area contributed by atoms with Gasteiger partial charge in [0, 0.05) is 42.3 Å². The average Bonchev–Trinajstić information content (AvgIpc) is 3.43. The number of hydrogen-bond donors (Lipinski definition) is 0. The van der Waals surface area contributed by atoms with Gasteiger partial charge in [-0.1, -0.05) is 12.1 Å². The van der Waals surface area contributed by atoms with Crippen molar-refractivity contribution >= 4 is 16.6 Å². The van der Waals surface area contributed by atoms with Crippen LogP contribution < -0.4 is 0 Å². The number of hydrogen-bond acceptors (Lipinski definition) is 5. The van der Waals surface area contributed by atoms with Gasteiger partial charge in [0.1, 0.15) is 0 Å². The molecule has 1 aliphatic rings. The zero-order valence-electron chi connectivity index (χ0n) is 17.9. The molecule has 0 saturated carbocycles. The molecule has 7 nitrogen and oxygen atoms in total. The van der Waals surface area contributed by atoms with Gasteiger partial charge in [0.2, 0.25) is 0 Å². The molecule has 1 aliphatic heterocycles. The van der Waals surface area contributed by atoms with Gasteiger partial charge < -0.3 is 4.90 Å². The highest BCUT2D eigenvalue weighted by Gasteiger charge is 2.20. The standard InChI is InChI=1S/C24H26N6O/c1-28-7-5-23(6-8-28)30-16-21(14-27-30)24(31)11-22-10-19-9-17(3-4-18(19)12-25-22)20-13-26-29(2)15-20/h3-4,9-10,12-16,23H,5-8,11H2,1-2H3. The molecule has 7 heteroatoms. The van der Waals surface area contributed by atoms with Crippen molar-refractivity contribution in [3.8, 4) is 11.1 Å². The molecular weight excluding hydrogens is 388 g/mol. The predicted molar refractivity (Wildman–Crippen MR) is 120 cm³/mol. The van der Waals surface area contributed by atoms with Gasteiger partial charge in [-0.2, -0.15) is 10.2 Å². The molecule has 4 heterocycles. The summed E-state index contributed by atoms with van der Waals surface area (Å²) in [6, 6.07) is 8.64. The minimum atomic E-state index is 0.0504. The van der Waals surface area contributed by atoms with Crippen LogP contribution in [0.5, 0.6) is 0 Å². The summed E-state index contributed by atoms with van der Waals surface area (Å²) in [6.07, 6.45) is 11.7. The van der Waals surface area contributed by atoms with E-state index < -0.39 is 0 Å². The highest BCUT2D eigenvalue weighted by atomic mass is 16.1. The van der Waals surface area contributed by atoms with E-state index in [0.717, 1.165) is 53.5 Å². The van der Waals surface area contributed by atoms with Gasteiger partial charge in [0.15, 0.2) is 5.78 Å². The number of ketones is 1. The number of benzene rings is 1. The Kier molecular flexibility index (Phi) is 5.11. The van der Waals surface area contributed by atoms with Crippen molar-refractivity contribution in [3.63, 3.8) is 0 Å². The minimum absolute atomic E-state index is 0.0504. The molecule has 0 spiro atoms. The van der Waals surface area contributed by atoms with Gasteiger partial charge in [-0.05, 0) is 56.1 Å². The molecule has 0 unspecified atom stereocenters. The topological polar surface area (TPSA) is 68.8 Å². The first-order chi connectivity index (χ1) is 15.0. The molecule has 5 rings (SSSR count). The van der Waals surface area contributed by atoms with Crippen molar-refractivity contribution < 1.29 is 4.79 Å². The fourth-order valence-electron chi connectivity index (χ4n) is 4.24. The lowest BCUT2D eigenvalue weighted by Gasteiger charge is -2.28. The highest BCUT2D eigenvalue weighted by molar-refractivity contribution is 5.97. The Morgan fingerprint density at radius 3 is 2.58 bits per heavy atom. The molecule has 4 aromatic rings. The number of rotatable bonds is 5. The number of piperidine rings is 1. The smallest absolute Gasteiger partial charge is 0.171 e. The number of nitrogens with zero attached hydrogens (tertiary/aromatic N) is 6. The number of pyridine rings is 1. The summed E-state index contributed by atoms with van der Waals surface area (Å²) < 4.78 is 3.76. The molecular formula is C24H26N6O. The van der Waals surface area contributed by atoms with Gasteiger partial charge >= 0.3 is 0 Å². The lowest BCUT2D eigenvalue weighted by molar-refractivity contribution is 0.0991. The van der Waals surface area contributed by atoms with Crippen molar-refractivity contribution in [2.75, 3.05) is 20.1 Å². The van der Waals surface area contributed by atoms with Gasteiger partial charge in [-0.25, -0.2) is 0 Å². The summed E-state index contributed by atoms with van der Waals surface area (Å²) in [5.41, 5.74) is 3.60. The normalized spacial score (nSPS) is 15.5. The fourth-order valence-corrected chi connectivity index (χ4v) is 4.24. The van der Waals surface area contributed by atoms with Crippen LogP contribution in [0, 0.1) is 0 Å². The van der Waals surface area contributed by atoms with Crippen LogP contribution in [-0.4, -0.2) is 55.4 Å². The second kappa shape index (κ2) is 8.07. The fraction of sp³-hybridized carbons (Fsp3) is 0.333. The summed E-state index contributed by atoms with van der Waals surface area (Å²) in [5, 5.41) is 10.9. The number of likely N-dealkylation sites (tertiary alicyclic amines) is 1. The summed E-state index contributed by atoms with van der Waals surface area (Å²) in [5.74, 6) is 0.0504. The SMILES string of the molecule is CN1CCC(n2cc(C(=O)Cc3cc4cc(-c5cnn(C)c5)ccc4cn3)cn2)CC1. The Hall–Kier alpha value is -3.32. The minimum Gasteiger partial charge on any atom is -0.306 e. The summed E-state index contributed by atoms with van der Waals surface area (Å²) in [4.78, 5) is 19.7. The van der Waals surface area contributed by atoms with Crippen molar-refractivity contribution in [2.24, 2.45) is 7.05 Å². The number of carbonyl (C=O) groups excluding carboxylic acids is 1. The number of aromatic nitrogens is 5. The predicted octanol–water partition coefficient (Wildman–Crippen LogP) is 3.52. The highest BCUT2D eigenvalue weighted by Crippen LogP contribution is 2.25. The molecule has 3 aromatic heterocycles. The zero-order chi connectivity index (χ0) is 21.4. The number of Topliss-reactive ketones (excluding diaryl/α,β-unsaturated/α-hetero) is 1. The first-order valence-electron chi connectivity index (χ1n) is 10.7. The molecule has 0 N–H and O–H groups in total. The van der Waals surface area contributed by atoms with Crippen LogP contribution in [0.15, 0.2) is 55.2 Å². The third-order valence-corrected chi connectivity index (χ3v) is 6.14. The quantitative estimate of drug-likeness (QED) is 0.468. The Morgan fingerprint density at radius 2 is 1.81 bits per heavy atom. The molecule has 0 amide bonds. The number of fused-ring (bicyclic) bond motifs is 1. The van der Waals surface area contributed by atoms with E-state index in [0.29, 0.717) is 11.6 Å². The lowest BCUT2D eigenvalue weighted by atomic mass is 10.0. The Labute approximate surface area is 181 Å². The van der Waals surface area contributed by atoms with Crippen molar-refractivity contribution in [2.45, 2.75) is 25.3 Å². The Morgan fingerprint density at radius 1 is 0.968 bits per heavy atom.